The van der Waals surface area contributed by atoms with Crippen molar-refractivity contribution >= 4 is 17.4 Å². The molecule has 2 nitrogen and oxygen atoms in total. The minimum Gasteiger partial charge on any atom is -0.391 e. The van der Waals surface area contributed by atoms with Gasteiger partial charge in [-0.3, -0.25) is 4.79 Å². The van der Waals surface area contributed by atoms with Crippen molar-refractivity contribution < 1.29 is 9.90 Å². The molecule has 54 valence electrons. The van der Waals surface area contributed by atoms with Gasteiger partial charge in [0, 0.05) is 0 Å². The van der Waals surface area contributed by atoms with Gasteiger partial charge >= 0.3 is 0 Å². The fraction of sp³-hybridized carbons (Fsp3) is 0.833. The Morgan fingerprint density at radius 1 is 1.78 bits per heavy atom. The van der Waals surface area contributed by atoms with E-state index >= 15 is 0 Å². The summed E-state index contributed by atoms with van der Waals surface area (Å²) in [4.78, 5) is 10.5. The highest BCUT2D eigenvalue weighted by atomic mass is 35.5. The van der Waals surface area contributed by atoms with Crippen molar-refractivity contribution in [1.29, 1.82) is 0 Å². The molecule has 0 aliphatic carbocycles. The van der Waals surface area contributed by atoms with Gasteiger partial charge in [-0.25, -0.2) is 0 Å². The summed E-state index contributed by atoms with van der Waals surface area (Å²) < 4.78 is 0. The van der Waals surface area contributed by atoms with Gasteiger partial charge in [0.2, 0.25) is 0 Å². The van der Waals surface area contributed by atoms with Crippen molar-refractivity contribution in [1.82, 2.24) is 0 Å². The van der Waals surface area contributed by atoms with E-state index in [1.165, 1.54) is 6.92 Å². The maximum Gasteiger partial charge on any atom is 0.150 e. The van der Waals surface area contributed by atoms with Gasteiger partial charge in [-0.1, -0.05) is 6.92 Å². The van der Waals surface area contributed by atoms with Crippen molar-refractivity contribution in [3.63, 3.8) is 0 Å². The van der Waals surface area contributed by atoms with Gasteiger partial charge in [0.1, 0.15) is 11.2 Å². The van der Waals surface area contributed by atoms with E-state index in [9.17, 15) is 4.79 Å². The van der Waals surface area contributed by atoms with Crippen molar-refractivity contribution in [3.8, 4) is 0 Å². The normalized spacial score (nSPS) is 16.9. The van der Waals surface area contributed by atoms with Crippen LogP contribution in [0, 0.1) is 0 Å². The van der Waals surface area contributed by atoms with E-state index in [4.69, 9.17) is 16.7 Å². The number of hydrogen-bond acceptors (Lipinski definition) is 2. The van der Waals surface area contributed by atoms with Crippen molar-refractivity contribution in [2.24, 2.45) is 0 Å². The first-order chi connectivity index (χ1) is 4.09. The number of aliphatic hydroxyl groups is 1. The van der Waals surface area contributed by atoms with E-state index in [1.807, 2.05) is 0 Å². The maximum atomic E-state index is 10.5. The molecule has 0 fully saturated rings. The second-order valence-electron chi connectivity index (χ2n) is 1.99. The summed E-state index contributed by atoms with van der Waals surface area (Å²) in [5.74, 6) is -0.175. The molecule has 0 heterocycles. The molecular weight excluding hydrogens is 140 g/mol. The van der Waals surface area contributed by atoms with E-state index in [1.54, 1.807) is 6.92 Å². The highest BCUT2D eigenvalue weighted by molar-refractivity contribution is 6.31. The average Bonchev–Trinajstić information content (AvgIpc) is 1.84. The standard InChI is InChI=1S/C6H11ClO2/c1-3-5(9)6(7)4(2)8/h5-6,9H,3H2,1-2H3. The van der Waals surface area contributed by atoms with Crippen LogP contribution in [0.3, 0.4) is 0 Å². The summed E-state index contributed by atoms with van der Waals surface area (Å²) in [6.45, 7) is 3.15. The maximum absolute atomic E-state index is 10.5. The lowest BCUT2D eigenvalue weighted by Crippen LogP contribution is -2.26. The first-order valence-corrected chi connectivity index (χ1v) is 3.35. The fourth-order valence-electron chi connectivity index (χ4n) is 0.478. The summed E-state index contributed by atoms with van der Waals surface area (Å²) in [5.41, 5.74) is 0. The Balaban J connectivity index is 3.72. The molecule has 0 bridgehead atoms. The van der Waals surface area contributed by atoms with Gasteiger partial charge in [-0.2, -0.15) is 0 Å². The lowest BCUT2D eigenvalue weighted by Gasteiger charge is -2.10. The zero-order valence-corrected chi connectivity index (χ0v) is 6.35. The number of rotatable bonds is 3. The zero-order chi connectivity index (χ0) is 7.44. The molecule has 0 amide bonds. The van der Waals surface area contributed by atoms with Crippen LogP contribution in [0.25, 0.3) is 0 Å². The van der Waals surface area contributed by atoms with E-state index in [0.29, 0.717) is 6.42 Å². The first-order valence-electron chi connectivity index (χ1n) is 2.92. The molecule has 0 aromatic carbocycles. The number of Topliss-reactive ketones (excluding diaryl/α,β-unsaturated/α-hetero) is 1. The third kappa shape index (κ3) is 2.82. The Morgan fingerprint density at radius 2 is 2.22 bits per heavy atom. The molecule has 0 spiro atoms. The molecule has 0 saturated heterocycles. The minimum atomic E-state index is -0.727. The molecule has 1 N–H and O–H groups in total. The molecule has 0 aliphatic rings. The summed E-state index contributed by atoms with van der Waals surface area (Å²) in [6.07, 6.45) is -0.169. The summed E-state index contributed by atoms with van der Waals surface area (Å²) in [7, 11) is 0. The van der Waals surface area contributed by atoms with Crippen LogP contribution in [0.4, 0.5) is 0 Å². The third-order valence-electron chi connectivity index (χ3n) is 1.14. The first kappa shape index (κ1) is 8.92. The van der Waals surface area contributed by atoms with Crippen LogP contribution in [-0.4, -0.2) is 22.4 Å². The van der Waals surface area contributed by atoms with Gasteiger partial charge in [0.05, 0.1) is 6.10 Å². The molecule has 2 atom stereocenters. The lowest BCUT2D eigenvalue weighted by molar-refractivity contribution is -0.118. The SMILES string of the molecule is CCC(O)C(Cl)C(C)=O. The van der Waals surface area contributed by atoms with E-state index in [2.05, 4.69) is 0 Å². The topological polar surface area (TPSA) is 37.3 Å². The predicted octanol–water partition coefficient (Wildman–Crippen LogP) is 0.954. The minimum absolute atomic E-state index is 0.175. The van der Waals surface area contributed by atoms with Crippen LogP contribution in [0.15, 0.2) is 0 Å². The Hall–Kier alpha value is -0.0800. The summed E-state index contributed by atoms with van der Waals surface area (Å²) in [6, 6.07) is 0. The van der Waals surface area contributed by atoms with Crippen LogP contribution in [-0.2, 0) is 4.79 Å². The molecule has 2 unspecified atom stereocenters. The number of carbonyl (C=O) groups excluding carboxylic acids is 1. The van der Waals surface area contributed by atoms with Crippen molar-refractivity contribution in [2.75, 3.05) is 0 Å². The van der Waals surface area contributed by atoms with Crippen LogP contribution in [0.1, 0.15) is 20.3 Å². The van der Waals surface area contributed by atoms with Crippen LogP contribution in [0.2, 0.25) is 0 Å². The molecule has 0 rings (SSSR count). The Bertz CT molecular complexity index is 103. The molecule has 0 aromatic rings. The number of halogens is 1. The van der Waals surface area contributed by atoms with Crippen LogP contribution < -0.4 is 0 Å². The van der Waals surface area contributed by atoms with E-state index in [0.717, 1.165) is 0 Å². The molecule has 3 heteroatoms. The van der Waals surface area contributed by atoms with Crippen molar-refractivity contribution in [2.45, 2.75) is 31.7 Å². The number of hydrogen-bond donors (Lipinski definition) is 1. The van der Waals surface area contributed by atoms with Gasteiger partial charge in [0.25, 0.3) is 0 Å². The van der Waals surface area contributed by atoms with Gasteiger partial charge in [0.15, 0.2) is 0 Å². The second-order valence-corrected chi connectivity index (χ2v) is 2.46. The molecule has 9 heavy (non-hydrogen) atoms. The number of carbonyl (C=O) groups is 1. The van der Waals surface area contributed by atoms with Gasteiger partial charge < -0.3 is 5.11 Å². The smallest absolute Gasteiger partial charge is 0.150 e. The quantitative estimate of drug-likeness (QED) is 0.609. The van der Waals surface area contributed by atoms with E-state index < -0.39 is 11.5 Å². The molecule has 0 saturated carbocycles. The largest absolute Gasteiger partial charge is 0.391 e. The Morgan fingerprint density at radius 3 is 2.33 bits per heavy atom. The lowest BCUT2D eigenvalue weighted by atomic mass is 10.1. The van der Waals surface area contributed by atoms with Gasteiger partial charge in [-0.15, -0.1) is 11.6 Å². The molecular formula is C6H11ClO2. The molecule has 0 aliphatic heterocycles. The zero-order valence-electron chi connectivity index (χ0n) is 5.60. The predicted molar refractivity (Wildman–Crippen MR) is 36.6 cm³/mol. The Kier molecular flexibility index (Phi) is 3.82. The highest BCUT2D eigenvalue weighted by Crippen LogP contribution is 2.06. The number of aliphatic hydroxyl groups excluding tert-OH is 1. The molecule has 0 aromatic heterocycles. The van der Waals surface area contributed by atoms with Crippen LogP contribution >= 0.6 is 11.6 Å². The van der Waals surface area contributed by atoms with Gasteiger partial charge in [-0.05, 0) is 13.3 Å². The Labute approximate surface area is 59.8 Å². The number of alkyl halides is 1. The third-order valence-corrected chi connectivity index (χ3v) is 1.74. The second kappa shape index (κ2) is 3.85. The highest BCUT2D eigenvalue weighted by Gasteiger charge is 2.18. The monoisotopic (exact) mass is 150 g/mol. The number of ketones is 1. The van der Waals surface area contributed by atoms with Crippen molar-refractivity contribution in [3.05, 3.63) is 0 Å². The fourth-order valence-corrected chi connectivity index (χ4v) is 0.656. The summed E-state index contributed by atoms with van der Waals surface area (Å²) >= 11 is 5.47. The van der Waals surface area contributed by atoms with E-state index in [-0.39, 0.29) is 5.78 Å². The molecule has 0 radical (unpaired) electrons. The van der Waals surface area contributed by atoms with Crippen LogP contribution in [0.5, 0.6) is 0 Å². The summed E-state index contributed by atoms with van der Waals surface area (Å²) in [5, 5.41) is 8.22. The average molecular weight is 151 g/mol.